The third kappa shape index (κ3) is 6.96. The molecule has 30 heavy (non-hydrogen) atoms. The smallest absolute Gasteiger partial charge is 0.0717 e. The van der Waals surface area contributed by atoms with Gasteiger partial charge < -0.3 is 4.74 Å². The van der Waals surface area contributed by atoms with Crippen LogP contribution in [-0.4, -0.2) is 48.6 Å². The minimum atomic E-state index is 0. The Morgan fingerprint density at radius 3 is 2.00 bits per heavy atom. The highest BCUT2D eigenvalue weighted by Crippen LogP contribution is 2.27. The number of piperazine rings is 1. The van der Waals surface area contributed by atoms with Crippen LogP contribution in [0.1, 0.15) is 49.3 Å². The molecular formula is C25H36Cl2N2O. The van der Waals surface area contributed by atoms with Gasteiger partial charge in [0.1, 0.15) is 0 Å². The molecule has 166 valence electrons. The van der Waals surface area contributed by atoms with Gasteiger partial charge in [-0.1, -0.05) is 79.9 Å². The van der Waals surface area contributed by atoms with E-state index in [1.54, 1.807) is 0 Å². The summed E-state index contributed by atoms with van der Waals surface area (Å²) in [6.45, 7) is 6.13. The Morgan fingerprint density at radius 1 is 0.767 bits per heavy atom. The number of hydrogen-bond donors (Lipinski definition) is 0. The second-order valence-electron chi connectivity index (χ2n) is 8.29. The van der Waals surface area contributed by atoms with E-state index in [0.717, 1.165) is 25.7 Å². The van der Waals surface area contributed by atoms with E-state index >= 15 is 0 Å². The van der Waals surface area contributed by atoms with Gasteiger partial charge in [-0.25, -0.2) is 0 Å². The lowest BCUT2D eigenvalue weighted by Crippen LogP contribution is -2.52. The van der Waals surface area contributed by atoms with Gasteiger partial charge >= 0.3 is 0 Å². The van der Waals surface area contributed by atoms with Crippen molar-refractivity contribution in [3.05, 3.63) is 71.8 Å². The summed E-state index contributed by atoms with van der Waals surface area (Å²) in [5, 5.41) is 0. The molecule has 2 aromatic rings. The third-order valence-corrected chi connectivity index (χ3v) is 6.45. The van der Waals surface area contributed by atoms with Crippen LogP contribution in [0.4, 0.5) is 0 Å². The van der Waals surface area contributed by atoms with Crippen molar-refractivity contribution < 1.29 is 4.74 Å². The largest absolute Gasteiger partial charge is 0.375 e. The van der Waals surface area contributed by atoms with E-state index in [1.165, 1.54) is 56.3 Å². The van der Waals surface area contributed by atoms with Crippen LogP contribution in [0.3, 0.4) is 0 Å². The highest BCUT2D eigenvalue weighted by molar-refractivity contribution is 5.85. The minimum absolute atomic E-state index is 0. The first-order valence-electron chi connectivity index (χ1n) is 11.0. The fourth-order valence-electron chi connectivity index (χ4n) is 4.81. The van der Waals surface area contributed by atoms with Crippen molar-refractivity contribution in [3.63, 3.8) is 0 Å². The molecule has 0 spiro atoms. The molecule has 1 saturated heterocycles. The van der Waals surface area contributed by atoms with Gasteiger partial charge in [0, 0.05) is 32.2 Å². The Hall–Kier alpha value is -1.10. The zero-order valence-corrected chi connectivity index (χ0v) is 19.5. The molecule has 5 heteroatoms. The van der Waals surface area contributed by atoms with Gasteiger partial charge in [-0.05, 0) is 24.0 Å². The molecule has 1 atom stereocenters. The van der Waals surface area contributed by atoms with Crippen molar-refractivity contribution in [3.8, 4) is 0 Å². The average Bonchev–Trinajstić information content (AvgIpc) is 2.79. The van der Waals surface area contributed by atoms with E-state index in [4.69, 9.17) is 4.74 Å². The summed E-state index contributed by atoms with van der Waals surface area (Å²) in [6.07, 6.45) is 7.09. The van der Waals surface area contributed by atoms with E-state index in [0.29, 0.717) is 12.6 Å². The number of halogens is 2. The molecule has 1 saturated carbocycles. The highest BCUT2D eigenvalue weighted by Gasteiger charge is 2.29. The molecule has 1 aliphatic carbocycles. The van der Waals surface area contributed by atoms with Crippen molar-refractivity contribution in [1.82, 2.24) is 9.80 Å². The van der Waals surface area contributed by atoms with E-state index in [1.807, 2.05) is 0 Å². The fraction of sp³-hybridized carbons (Fsp3) is 0.520. The Bertz CT molecular complexity index is 687. The van der Waals surface area contributed by atoms with Crippen LogP contribution in [0, 0.1) is 0 Å². The van der Waals surface area contributed by atoms with Crippen molar-refractivity contribution in [2.45, 2.75) is 50.8 Å². The van der Waals surface area contributed by atoms with Crippen LogP contribution in [0.5, 0.6) is 0 Å². The topological polar surface area (TPSA) is 15.7 Å². The number of nitrogens with zero attached hydrogens (tertiary/aromatic N) is 2. The van der Waals surface area contributed by atoms with Crippen LogP contribution >= 0.6 is 24.8 Å². The minimum Gasteiger partial charge on any atom is -0.375 e. The molecule has 4 rings (SSSR count). The Kier molecular flexibility index (Phi) is 11.2. The first-order valence-corrected chi connectivity index (χ1v) is 11.0. The molecule has 0 bridgehead atoms. The van der Waals surface area contributed by atoms with Gasteiger partial charge in [-0.15, -0.1) is 24.8 Å². The van der Waals surface area contributed by atoms with Crippen molar-refractivity contribution in [2.24, 2.45) is 0 Å². The normalized spacial score (nSPS) is 19.5. The Balaban J connectivity index is 0.00000160. The number of hydrogen-bond acceptors (Lipinski definition) is 3. The molecule has 2 aromatic carbocycles. The molecule has 3 nitrogen and oxygen atoms in total. The summed E-state index contributed by atoms with van der Waals surface area (Å²) in [5.74, 6) is 0. The zero-order chi connectivity index (χ0) is 19.0. The lowest BCUT2D eigenvalue weighted by atomic mass is 9.93. The molecule has 1 aliphatic heterocycles. The number of rotatable bonds is 7. The zero-order valence-electron chi connectivity index (χ0n) is 17.8. The molecule has 0 aromatic heterocycles. The van der Waals surface area contributed by atoms with Gasteiger partial charge in [0.25, 0.3) is 0 Å². The predicted molar refractivity (Wildman–Crippen MR) is 130 cm³/mol. The van der Waals surface area contributed by atoms with E-state index in [2.05, 4.69) is 70.5 Å². The first kappa shape index (κ1) is 25.2. The average molecular weight is 451 g/mol. The second-order valence-corrected chi connectivity index (χ2v) is 8.29. The maximum Gasteiger partial charge on any atom is 0.0717 e. The molecule has 0 radical (unpaired) electrons. The quantitative estimate of drug-likeness (QED) is 0.534. The molecule has 1 unspecified atom stereocenters. The lowest BCUT2D eigenvalue weighted by molar-refractivity contribution is 0.0113. The molecule has 2 aliphatic rings. The highest BCUT2D eigenvalue weighted by atomic mass is 35.5. The monoisotopic (exact) mass is 450 g/mol. The number of ether oxygens (including phenoxy) is 1. The summed E-state index contributed by atoms with van der Waals surface area (Å²) < 4.78 is 6.18. The van der Waals surface area contributed by atoms with Gasteiger partial charge in [0.05, 0.1) is 19.3 Å². The summed E-state index contributed by atoms with van der Waals surface area (Å²) >= 11 is 0. The summed E-state index contributed by atoms with van der Waals surface area (Å²) in [7, 11) is 0. The van der Waals surface area contributed by atoms with E-state index in [9.17, 15) is 0 Å². The number of benzene rings is 2. The Labute approximate surface area is 194 Å². The van der Waals surface area contributed by atoms with Crippen LogP contribution in [0.15, 0.2) is 60.7 Å². The van der Waals surface area contributed by atoms with Crippen LogP contribution < -0.4 is 0 Å². The van der Waals surface area contributed by atoms with Crippen LogP contribution in [0.25, 0.3) is 0 Å². The van der Waals surface area contributed by atoms with Gasteiger partial charge in [0.15, 0.2) is 0 Å². The Morgan fingerprint density at radius 2 is 1.37 bits per heavy atom. The SMILES string of the molecule is Cl.Cl.c1ccc(COCC(c2ccccc2)N2CCN(C3CCCCC3)CC2)cc1. The van der Waals surface area contributed by atoms with E-state index < -0.39 is 0 Å². The van der Waals surface area contributed by atoms with Crippen molar-refractivity contribution >= 4 is 24.8 Å². The molecule has 1 heterocycles. The predicted octanol–water partition coefficient (Wildman–Crippen LogP) is 5.74. The lowest BCUT2D eigenvalue weighted by Gasteiger charge is -2.43. The van der Waals surface area contributed by atoms with Gasteiger partial charge in [-0.3, -0.25) is 9.80 Å². The van der Waals surface area contributed by atoms with Crippen LogP contribution in [0.2, 0.25) is 0 Å². The fourth-order valence-corrected chi connectivity index (χ4v) is 4.81. The summed E-state index contributed by atoms with van der Waals surface area (Å²) in [5.41, 5.74) is 2.62. The van der Waals surface area contributed by atoms with Gasteiger partial charge in [0.2, 0.25) is 0 Å². The molecule has 0 amide bonds. The van der Waals surface area contributed by atoms with Crippen molar-refractivity contribution in [1.29, 1.82) is 0 Å². The first-order chi connectivity index (χ1) is 13.9. The standard InChI is InChI=1S/C25H34N2O.2ClH/c1-4-10-22(11-5-1)20-28-21-25(23-12-6-2-7-13-23)27-18-16-26(17-19-27)24-14-8-3-9-15-24;;/h1-2,4-7,10-13,24-25H,3,8-9,14-21H2;2*1H. The van der Waals surface area contributed by atoms with Crippen LogP contribution in [-0.2, 0) is 11.3 Å². The summed E-state index contributed by atoms with van der Waals surface area (Å²) in [6, 6.07) is 22.6. The van der Waals surface area contributed by atoms with E-state index in [-0.39, 0.29) is 24.8 Å². The molecular weight excluding hydrogens is 415 g/mol. The third-order valence-electron chi connectivity index (χ3n) is 6.45. The summed E-state index contributed by atoms with van der Waals surface area (Å²) in [4.78, 5) is 5.39. The maximum absolute atomic E-state index is 6.18. The second kappa shape index (κ2) is 13.3. The molecule has 0 N–H and O–H groups in total. The maximum atomic E-state index is 6.18. The molecule has 2 fully saturated rings. The van der Waals surface area contributed by atoms with Crippen molar-refractivity contribution in [2.75, 3.05) is 32.8 Å². The van der Waals surface area contributed by atoms with Gasteiger partial charge in [-0.2, -0.15) is 0 Å².